The standard InChI is InChI=1S/C19H18O4/c1-3-12-22-15-10-11-16(17(13-15)23-18(20)4-2)19(21)14-8-6-5-7-9-14/h4-11,13H,2-3,12H2,1H3. The summed E-state index contributed by atoms with van der Waals surface area (Å²) in [4.78, 5) is 24.1. The Labute approximate surface area is 135 Å². The first-order valence-corrected chi connectivity index (χ1v) is 7.36. The van der Waals surface area contributed by atoms with E-state index in [0.717, 1.165) is 12.5 Å². The van der Waals surface area contributed by atoms with E-state index >= 15 is 0 Å². The van der Waals surface area contributed by atoms with Gasteiger partial charge in [-0.15, -0.1) is 0 Å². The lowest BCUT2D eigenvalue weighted by Crippen LogP contribution is -2.10. The Bertz CT molecular complexity index is 705. The second-order valence-electron chi connectivity index (χ2n) is 4.83. The smallest absolute Gasteiger partial charge is 0.335 e. The van der Waals surface area contributed by atoms with Gasteiger partial charge in [-0.3, -0.25) is 4.79 Å². The molecule has 0 saturated carbocycles. The molecule has 0 aromatic heterocycles. The number of hydrogen-bond donors (Lipinski definition) is 0. The van der Waals surface area contributed by atoms with Gasteiger partial charge in [-0.2, -0.15) is 0 Å². The average Bonchev–Trinajstić information content (AvgIpc) is 2.60. The number of esters is 1. The topological polar surface area (TPSA) is 52.6 Å². The molecular weight excluding hydrogens is 292 g/mol. The van der Waals surface area contributed by atoms with Gasteiger partial charge in [0.2, 0.25) is 0 Å². The Hall–Kier alpha value is -2.88. The van der Waals surface area contributed by atoms with E-state index in [1.807, 2.05) is 13.0 Å². The van der Waals surface area contributed by atoms with Crippen LogP contribution in [0.25, 0.3) is 0 Å². The van der Waals surface area contributed by atoms with Crippen LogP contribution in [0.15, 0.2) is 61.2 Å². The summed E-state index contributed by atoms with van der Waals surface area (Å²) >= 11 is 0. The fourth-order valence-corrected chi connectivity index (χ4v) is 1.98. The summed E-state index contributed by atoms with van der Waals surface area (Å²) in [5.74, 6) is -0.139. The van der Waals surface area contributed by atoms with Gasteiger partial charge < -0.3 is 9.47 Å². The number of rotatable bonds is 7. The van der Waals surface area contributed by atoms with Crippen LogP contribution in [0.2, 0.25) is 0 Å². The van der Waals surface area contributed by atoms with Gasteiger partial charge in [-0.25, -0.2) is 4.79 Å². The van der Waals surface area contributed by atoms with Crippen molar-refractivity contribution in [3.8, 4) is 11.5 Å². The minimum atomic E-state index is -0.625. The lowest BCUT2D eigenvalue weighted by molar-refractivity contribution is -0.128. The molecule has 0 bridgehead atoms. The van der Waals surface area contributed by atoms with Crippen LogP contribution in [0.3, 0.4) is 0 Å². The maximum absolute atomic E-state index is 12.6. The fraction of sp³-hybridized carbons (Fsp3) is 0.158. The molecule has 2 aromatic rings. The molecule has 0 N–H and O–H groups in total. The summed E-state index contributed by atoms with van der Waals surface area (Å²) in [5, 5.41) is 0. The molecule has 2 rings (SSSR count). The van der Waals surface area contributed by atoms with E-state index in [1.54, 1.807) is 42.5 Å². The Morgan fingerprint density at radius 1 is 1.13 bits per heavy atom. The molecule has 0 aliphatic carbocycles. The van der Waals surface area contributed by atoms with Crippen molar-refractivity contribution in [1.29, 1.82) is 0 Å². The summed E-state index contributed by atoms with van der Waals surface area (Å²) < 4.78 is 10.7. The van der Waals surface area contributed by atoms with Gasteiger partial charge in [-0.05, 0) is 18.6 Å². The van der Waals surface area contributed by atoms with E-state index in [0.29, 0.717) is 23.5 Å². The van der Waals surface area contributed by atoms with Crippen LogP contribution >= 0.6 is 0 Å². The van der Waals surface area contributed by atoms with E-state index in [-0.39, 0.29) is 11.5 Å². The van der Waals surface area contributed by atoms with Crippen LogP contribution in [-0.2, 0) is 4.79 Å². The van der Waals surface area contributed by atoms with Crippen molar-refractivity contribution in [2.24, 2.45) is 0 Å². The van der Waals surface area contributed by atoms with Crippen molar-refractivity contribution in [2.75, 3.05) is 6.61 Å². The number of ether oxygens (including phenoxy) is 2. The summed E-state index contributed by atoms with van der Waals surface area (Å²) in [7, 11) is 0. The third-order valence-corrected chi connectivity index (χ3v) is 3.08. The first-order chi connectivity index (χ1) is 11.2. The molecule has 0 amide bonds. The molecule has 0 aliphatic heterocycles. The summed E-state index contributed by atoms with van der Waals surface area (Å²) in [6, 6.07) is 13.7. The Kier molecular flexibility index (Phi) is 5.69. The second-order valence-corrected chi connectivity index (χ2v) is 4.83. The van der Waals surface area contributed by atoms with E-state index in [1.165, 1.54) is 0 Å². The van der Waals surface area contributed by atoms with E-state index < -0.39 is 5.97 Å². The van der Waals surface area contributed by atoms with Gasteiger partial charge in [0.25, 0.3) is 0 Å². The van der Waals surface area contributed by atoms with Crippen LogP contribution in [-0.4, -0.2) is 18.4 Å². The van der Waals surface area contributed by atoms with Gasteiger partial charge in [0, 0.05) is 17.7 Å². The molecule has 4 nitrogen and oxygen atoms in total. The summed E-state index contributed by atoms with van der Waals surface area (Å²) in [6.07, 6.45) is 1.91. The minimum absolute atomic E-state index is 0.164. The number of carbonyl (C=O) groups is 2. The third kappa shape index (κ3) is 4.30. The molecule has 0 aliphatic rings. The molecule has 0 saturated heterocycles. The van der Waals surface area contributed by atoms with Gasteiger partial charge >= 0.3 is 5.97 Å². The van der Waals surface area contributed by atoms with Crippen molar-refractivity contribution in [3.63, 3.8) is 0 Å². The highest BCUT2D eigenvalue weighted by Gasteiger charge is 2.17. The zero-order valence-electron chi connectivity index (χ0n) is 13.0. The monoisotopic (exact) mass is 310 g/mol. The lowest BCUT2D eigenvalue weighted by atomic mass is 10.0. The van der Waals surface area contributed by atoms with Crippen molar-refractivity contribution in [1.82, 2.24) is 0 Å². The van der Waals surface area contributed by atoms with Crippen LogP contribution in [0.4, 0.5) is 0 Å². The summed E-state index contributed by atoms with van der Waals surface area (Å²) in [5.41, 5.74) is 0.820. The maximum Gasteiger partial charge on any atom is 0.335 e. The van der Waals surface area contributed by atoms with Crippen molar-refractivity contribution in [2.45, 2.75) is 13.3 Å². The van der Waals surface area contributed by atoms with Gasteiger partial charge in [0.05, 0.1) is 12.2 Å². The largest absolute Gasteiger partial charge is 0.493 e. The van der Waals surface area contributed by atoms with Gasteiger partial charge in [-0.1, -0.05) is 43.8 Å². The van der Waals surface area contributed by atoms with E-state index in [4.69, 9.17) is 9.47 Å². The molecule has 23 heavy (non-hydrogen) atoms. The second kappa shape index (κ2) is 7.94. The molecule has 0 spiro atoms. The summed E-state index contributed by atoms with van der Waals surface area (Å²) in [6.45, 7) is 5.91. The number of hydrogen-bond acceptors (Lipinski definition) is 4. The van der Waals surface area contributed by atoms with Crippen LogP contribution < -0.4 is 9.47 Å². The van der Waals surface area contributed by atoms with Crippen molar-refractivity contribution < 1.29 is 19.1 Å². The highest BCUT2D eigenvalue weighted by atomic mass is 16.5. The molecule has 0 unspecified atom stereocenters. The Morgan fingerprint density at radius 2 is 1.87 bits per heavy atom. The predicted molar refractivity (Wildman–Crippen MR) is 87.9 cm³/mol. The fourth-order valence-electron chi connectivity index (χ4n) is 1.98. The van der Waals surface area contributed by atoms with Crippen molar-refractivity contribution in [3.05, 3.63) is 72.3 Å². The van der Waals surface area contributed by atoms with E-state index in [9.17, 15) is 9.59 Å². The molecule has 0 heterocycles. The van der Waals surface area contributed by atoms with E-state index in [2.05, 4.69) is 6.58 Å². The Balaban J connectivity index is 2.38. The molecule has 4 heteroatoms. The highest BCUT2D eigenvalue weighted by Crippen LogP contribution is 2.27. The van der Waals surface area contributed by atoms with Crippen molar-refractivity contribution >= 4 is 11.8 Å². The van der Waals surface area contributed by atoms with Gasteiger partial charge in [0.1, 0.15) is 11.5 Å². The minimum Gasteiger partial charge on any atom is -0.493 e. The third-order valence-electron chi connectivity index (χ3n) is 3.08. The Morgan fingerprint density at radius 3 is 2.52 bits per heavy atom. The molecule has 0 radical (unpaired) electrons. The maximum atomic E-state index is 12.6. The number of benzene rings is 2. The van der Waals surface area contributed by atoms with Gasteiger partial charge in [0.15, 0.2) is 5.78 Å². The van der Waals surface area contributed by atoms with Crippen LogP contribution in [0.5, 0.6) is 11.5 Å². The predicted octanol–water partition coefficient (Wildman–Crippen LogP) is 3.80. The number of ketones is 1. The number of carbonyl (C=O) groups excluding carboxylic acids is 2. The first-order valence-electron chi connectivity index (χ1n) is 7.36. The van der Waals surface area contributed by atoms with Crippen LogP contribution in [0.1, 0.15) is 29.3 Å². The van der Waals surface area contributed by atoms with Crippen LogP contribution in [0, 0.1) is 0 Å². The average molecular weight is 310 g/mol. The zero-order chi connectivity index (χ0) is 16.7. The normalized spacial score (nSPS) is 9.96. The molecule has 2 aromatic carbocycles. The first kappa shape index (κ1) is 16.5. The lowest BCUT2D eigenvalue weighted by Gasteiger charge is -2.11. The SMILES string of the molecule is C=CC(=O)Oc1cc(OCCC)ccc1C(=O)c1ccccc1. The molecular formula is C19H18O4. The quantitative estimate of drug-likeness (QED) is 0.338. The molecule has 118 valence electrons. The highest BCUT2D eigenvalue weighted by molar-refractivity contribution is 6.11. The molecule has 0 atom stereocenters. The zero-order valence-corrected chi connectivity index (χ0v) is 13.0. The molecule has 0 fully saturated rings.